The van der Waals surface area contributed by atoms with Gasteiger partial charge in [0.1, 0.15) is 5.75 Å². The van der Waals surface area contributed by atoms with Crippen molar-refractivity contribution in [3.8, 4) is 5.75 Å². The van der Waals surface area contributed by atoms with Crippen molar-refractivity contribution in [3.05, 3.63) is 30.5 Å². The number of benzene rings is 1. The van der Waals surface area contributed by atoms with Crippen LogP contribution in [0.15, 0.2) is 30.5 Å². The van der Waals surface area contributed by atoms with Crippen LogP contribution in [0.1, 0.15) is 38.5 Å². The number of nitrogens with zero attached hydrogens (tertiary/aromatic N) is 3. The summed E-state index contributed by atoms with van der Waals surface area (Å²) in [4.78, 5) is 18.0. The molecule has 6 nitrogen and oxygen atoms in total. The summed E-state index contributed by atoms with van der Waals surface area (Å²) in [6.07, 6.45) is 8.97. The largest absolute Gasteiger partial charge is 0.495 e. The zero-order chi connectivity index (χ0) is 21.6. The van der Waals surface area contributed by atoms with Crippen LogP contribution < -0.4 is 4.74 Å². The Hall–Kier alpha value is -2.05. The molecule has 0 saturated carbocycles. The van der Waals surface area contributed by atoms with E-state index in [1.807, 2.05) is 12.1 Å². The van der Waals surface area contributed by atoms with Gasteiger partial charge in [-0.25, -0.2) is 0 Å². The van der Waals surface area contributed by atoms with Gasteiger partial charge in [-0.3, -0.25) is 4.79 Å². The molecule has 1 amide bonds. The minimum absolute atomic E-state index is 0.224. The lowest BCUT2D eigenvalue weighted by molar-refractivity contribution is -0.133. The van der Waals surface area contributed by atoms with E-state index in [1.54, 1.807) is 14.2 Å². The lowest BCUT2D eigenvalue weighted by atomic mass is 9.83. The number of piperidine rings is 2. The van der Waals surface area contributed by atoms with Gasteiger partial charge in [-0.2, -0.15) is 0 Å². The van der Waals surface area contributed by atoms with Gasteiger partial charge in [0.2, 0.25) is 5.91 Å². The van der Waals surface area contributed by atoms with Crippen molar-refractivity contribution < 1.29 is 14.3 Å². The summed E-state index contributed by atoms with van der Waals surface area (Å²) in [5.74, 6) is 1.66. The van der Waals surface area contributed by atoms with Crippen LogP contribution >= 0.6 is 0 Å². The molecule has 2 aliphatic heterocycles. The highest BCUT2D eigenvalue weighted by Gasteiger charge is 2.34. The fraction of sp³-hybridized carbons (Fsp3) is 0.640. The third kappa shape index (κ3) is 5.07. The van der Waals surface area contributed by atoms with Crippen molar-refractivity contribution in [3.63, 3.8) is 0 Å². The maximum atomic E-state index is 13.3. The Morgan fingerprint density at radius 2 is 2.00 bits per heavy atom. The number of carbonyl (C=O) groups is 1. The van der Waals surface area contributed by atoms with Gasteiger partial charge in [0.05, 0.1) is 19.2 Å². The summed E-state index contributed by atoms with van der Waals surface area (Å²) in [6.45, 7) is 5.25. The standard InChI is InChI=1S/C25H37N3O3/c1-30-18-17-28(19-21-8-6-14-26-13-4-3-9-22(21)26)24(29)12-16-27-15-11-20-7-5-10-23(31-2)25(20)27/h5,7,10-11,15,21-22H,3-4,6,8-9,12-14,16-19H2,1-2H3/t21-,22-/m0/s1. The van der Waals surface area contributed by atoms with Crippen LogP contribution in [0, 0.1) is 5.92 Å². The zero-order valence-electron chi connectivity index (χ0n) is 19.1. The molecule has 170 valence electrons. The number of ether oxygens (including phenoxy) is 2. The molecule has 2 saturated heterocycles. The number of para-hydroxylation sites is 1. The van der Waals surface area contributed by atoms with Crippen molar-refractivity contribution in [2.75, 3.05) is 47.0 Å². The lowest BCUT2D eigenvalue weighted by Gasteiger charge is -2.45. The first kappa shape index (κ1) is 22.2. The molecule has 6 heteroatoms. The number of rotatable bonds is 9. The smallest absolute Gasteiger partial charge is 0.224 e. The third-order valence-corrected chi connectivity index (χ3v) is 7.14. The Balaban J connectivity index is 1.42. The maximum Gasteiger partial charge on any atom is 0.224 e. The van der Waals surface area contributed by atoms with Crippen LogP contribution in [0.3, 0.4) is 0 Å². The summed E-state index contributed by atoms with van der Waals surface area (Å²) < 4.78 is 13.0. The number of hydrogen-bond donors (Lipinski definition) is 0. The monoisotopic (exact) mass is 427 g/mol. The molecule has 0 aliphatic carbocycles. The van der Waals surface area contributed by atoms with Crippen LogP contribution in [0.2, 0.25) is 0 Å². The van der Waals surface area contributed by atoms with Gasteiger partial charge in [-0.15, -0.1) is 0 Å². The van der Waals surface area contributed by atoms with E-state index in [1.165, 1.54) is 45.2 Å². The van der Waals surface area contributed by atoms with Crippen LogP contribution in [0.25, 0.3) is 10.9 Å². The highest BCUT2D eigenvalue weighted by Crippen LogP contribution is 2.32. The van der Waals surface area contributed by atoms with Crippen LogP contribution in [0.4, 0.5) is 0 Å². The second kappa shape index (κ2) is 10.5. The molecule has 0 radical (unpaired) electrons. The molecule has 1 aromatic carbocycles. The van der Waals surface area contributed by atoms with Crippen molar-refractivity contribution in [1.82, 2.24) is 14.4 Å². The van der Waals surface area contributed by atoms with Gasteiger partial charge in [0.15, 0.2) is 0 Å². The van der Waals surface area contributed by atoms with Gasteiger partial charge >= 0.3 is 0 Å². The van der Waals surface area contributed by atoms with Crippen molar-refractivity contribution in [2.24, 2.45) is 5.92 Å². The van der Waals surface area contributed by atoms with E-state index in [2.05, 4.69) is 32.7 Å². The topological polar surface area (TPSA) is 46.9 Å². The number of hydrogen-bond acceptors (Lipinski definition) is 4. The first-order valence-electron chi connectivity index (χ1n) is 11.8. The molecular weight excluding hydrogens is 390 g/mol. The highest BCUT2D eigenvalue weighted by molar-refractivity contribution is 5.86. The second-order valence-electron chi connectivity index (χ2n) is 8.99. The normalized spacial score (nSPS) is 21.7. The number of fused-ring (bicyclic) bond motifs is 2. The Kier molecular flexibility index (Phi) is 7.51. The lowest BCUT2D eigenvalue weighted by Crippen LogP contribution is -2.52. The van der Waals surface area contributed by atoms with Gasteiger partial charge in [-0.1, -0.05) is 18.6 Å². The minimum atomic E-state index is 0.224. The number of methoxy groups -OCH3 is 2. The van der Waals surface area contributed by atoms with E-state index < -0.39 is 0 Å². The van der Waals surface area contributed by atoms with E-state index in [9.17, 15) is 4.79 Å². The van der Waals surface area contributed by atoms with E-state index in [-0.39, 0.29) is 5.91 Å². The van der Waals surface area contributed by atoms with Gasteiger partial charge in [0.25, 0.3) is 0 Å². The maximum absolute atomic E-state index is 13.3. The molecule has 0 unspecified atom stereocenters. The molecule has 0 N–H and O–H groups in total. The third-order valence-electron chi connectivity index (χ3n) is 7.14. The van der Waals surface area contributed by atoms with Gasteiger partial charge in [0, 0.05) is 50.8 Å². The molecule has 0 spiro atoms. The number of amides is 1. The first-order valence-corrected chi connectivity index (χ1v) is 11.8. The quantitative estimate of drug-likeness (QED) is 0.611. The van der Waals surface area contributed by atoms with E-state index in [4.69, 9.17) is 9.47 Å². The molecule has 2 aromatic rings. The zero-order valence-corrected chi connectivity index (χ0v) is 19.1. The number of aryl methyl sites for hydroxylation is 1. The highest BCUT2D eigenvalue weighted by atomic mass is 16.5. The summed E-state index contributed by atoms with van der Waals surface area (Å²) in [5.41, 5.74) is 1.06. The molecule has 2 fully saturated rings. The Labute approximate surface area is 186 Å². The average molecular weight is 428 g/mol. The SMILES string of the molecule is COCCN(C[C@@H]1CCCN2CCCC[C@@H]12)C(=O)CCn1ccc2cccc(OC)c21. The van der Waals surface area contributed by atoms with Crippen molar-refractivity contribution in [1.29, 1.82) is 0 Å². The predicted molar refractivity (Wildman–Crippen MR) is 123 cm³/mol. The van der Waals surface area contributed by atoms with Crippen molar-refractivity contribution >= 4 is 16.8 Å². The molecule has 0 bridgehead atoms. The summed E-state index contributed by atoms with van der Waals surface area (Å²) in [5, 5.41) is 1.14. The van der Waals surface area contributed by atoms with Crippen molar-refractivity contribution in [2.45, 2.75) is 51.1 Å². The average Bonchev–Trinajstić information content (AvgIpc) is 3.23. The number of carbonyl (C=O) groups excluding carboxylic acids is 1. The van der Waals surface area contributed by atoms with E-state index >= 15 is 0 Å². The molecular formula is C25H37N3O3. The summed E-state index contributed by atoms with van der Waals surface area (Å²) >= 11 is 0. The molecule has 1 aromatic heterocycles. The van der Waals surface area contributed by atoms with E-state index in [0.717, 1.165) is 23.2 Å². The molecule has 31 heavy (non-hydrogen) atoms. The van der Waals surface area contributed by atoms with Crippen LogP contribution in [-0.2, 0) is 16.1 Å². The summed E-state index contributed by atoms with van der Waals surface area (Å²) in [6, 6.07) is 8.80. The fourth-order valence-electron chi connectivity index (χ4n) is 5.54. The first-order chi connectivity index (χ1) is 15.2. The van der Waals surface area contributed by atoms with Crippen LogP contribution in [0.5, 0.6) is 5.75 Å². The van der Waals surface area contributed by atoms with Gasteiger partial charge in [-0.05, 0) is 56.8 Å². The molecule has 2 atom stereocenters. The summed E-state index contributed by atoms with van der Waals surface area (Å²) in [7, 11) is 3.41. The second-order valence-corrected chi connectivity index (χ2v) is 8.99. The Morgan fingerprint density at radius 1 is 1.13 bits per heavy atom. The predicted octanol–water partition coefficient (Wildman–Crippen LogP) is 3.78. The molecule has 4 rings (SSSR count). The minimum Gasteiger partial charge on any atom is -0.495 e. The Bertz CT molecular complexity index is 863. The van der Waals surface area contributed by atoms with Gasteiger partial charge < -0.3 is 23.8 Å². The number of aromatic nitrogens is 1. The Morgan fingerprint density at radius 3 is 2.84 bits per heavy atom. The fourth-order valence-corrected chi connectivity index (χ4v) is 5.54. The van der Waals surface area contributed by atoms with E-state index in [0.29, 0.717) is 38.1 Å². The molecule has 2 aliphatic rings. The molecule has 3 heterocycles. The van der Waals surface area contributed by atoms with Crippen LogP contribution in [-0.4, -0.2) is 73.3 Å².